The van der Waals surface area contributed by atoms with Gasteiger partial charge in [0, 0.05) is 24.6 Å². The Balaban J connectivity index is 1.86. The van der Waals surface area contributed by atoms with E-state index >= 15 is 0 Å². The molecule has 2 unspecified atom stereocenters. The van der Waals surface area contributed by atoms with Crippen LogP contribution in [0.1, 0.15) is 34.8 Å². The SMILES string of the molecule is O=C(O)c1nc(CNC2CCCC2CO)cs1. The second-order valence-corrected chi connectivity index (χ2v) is 5.17. The molecular formula is C11H16N2O3S. The molecule has 0 aliphatic heterocycles. The van der Waals surface area contributed by atoms with Gasteiger partial charge in [-0.15, -0.1) is 11.3 Å². The Morgan fingerprint density at radius 1 is 1.59 bits per heavy atom. The van der Waals surface area contributed by atoms with Gasteiger partial charge in [0.25, 0.3) is 0 Å². The number of rotatable bonds is 5. The number of aliphatic hydroxyl groups excluding tert-OH is 1. The normalized spacial score (nSPS) is 24.1. The lowest BCUT2D eigenvalue weighted by atomic mass is 10.1. The predicted molar refractivity (Wildman–Crippen MR) is 64.1 cm³/mol. The highest BCUT2D eigenvalue weighted by molar-refractivity contribution is 7.11. The molecule has 1 aliphatic rings. The molecule has 0 radical (unpaired) electrons. The Kier molecular flexibility index (Phi) is 4.09. The molecule has 1 fully saturated rings. The number of carboxylic acid groups (broad SMARTS) is 1. The van der Waals surface area contributed by atoms with Crippen LogP contribution in [-0.4, -0.2) is 33.8 Å². The molecule has 2 atom stereocenters. The summed E-state index contributed by atoms with van der Waals surface area (Å²) in [5.41, 5.74) is 0.760. The van der Waals surface area contributed by atoms with Crippen molar-refractivity contribution in [3.05, 3.63) is 16.1 Å². The van der Waals surface area contributed by atoms with Crippen molar-refractivity contribution in [2.24, 2.45) is 5.92 Å². The van der Waals surface area contributed by atoms with E-state index in [2.05, 4.69) is 10.3 Å². The Morgan fingerprint density at radius 3 is 3.06 bits per heavy atom. The highest BCUT2D eigenvalue weighted by atomic mass is 32.1. The first-order valence-electron chi connectivity index (χ1n) is 5.72. The smallest absolute Gasteiger partial charge is 0.365 e. The van der Waals surface area contributed by atoms with Crippen LogP contribution in [0, 0.1) is 5.92 Å². The molecule has 1 aromatic heterocycles. The van der Waals surface area contributed by atoms with Crippen LogP contribution in [0.2, 0.25) is 0 Å². The summed E-state index contributed by atoms with van der Waals surface area (Å²) in [5, 5.41) is 23.2. The summed E-state index contributed by atoms with van der Waals surface area (Å²) in [7, 11) is 0. The molecule has 6 heteroatoms. The molecule has 0 amide bonds. The van der Waals surface area contributed by atoms with Crippen LogP contribution in [-0.2, 0) is 6.54 Å². The highest BCUT2D eigenvalue weighted by Crippen LogP contribution is 2.25. The second-order valence-electron chi connectivity index (χ2n) is 4.31. The molecule has 3 N–H and O–H groups in total. The van der Waals surface area contributed by atoms with E-state index in [0.717, 1.165) is 36.3 Å². The third-order valence-electron chi connectivity index (χ3n) is 3.17. The number of aromatic carboxylic acids is 1. The average molecular weight is 256 g/mol. The topological polar surface area (TPSA) is 82.5 Å². The number of hydrogen-bond donors (Lipinski definition) is 3. The fourth-order valence-electron chi connectivity index (χ4n) is 2.25. The van der Waals surface area contributed by atoms with E-state index in [9.17, 15) is 9.90 Å². The third kappa shape index (κ3) is 3.02. The molecule has 17 heavy (non-hydrogen) atoms. The van der Waals surface area contributed by atoms with E-state index in [1.807, 2.05) is 0 Å². The fourth-order valence-corrected chi connectivity index (χ4v) is 2.90. The second kappa shape index (κ2) is 5.57. The van der Waals surface area contributed by atoms with Gasteiger partial charge < -0.3 is 15.5 Å². The molecular weight excluding hydrogens is 240 g/mol. The lowest BCUT2D eigenvalue weighted by molar-refractivity contribution is 0.0696. The maximum atomic E-state index is 10.7. The van der Waals surface area contributed by atoms with Gasteiger partial charge in [0.05, 0.1) is 5.69 Å². The molecule has 1 saturated carbocycles. The molecule has 0 saturated heterocycles. The summed E-state index contributed by atoms with van der Waals surface area (Å²) in [4.78, 5) is 14.7. The zero-order valence-electron chi connectivity index (χ0n) is 9.43. The maximum absolute atomic E-state index is 10.7. The van der Waals surface area contributed by atoms with Gasteiger partial charge in [0.1, 0.15) is 0 Å². The standard InChI is InChI=1S/C11H16N2O3S/c14-5-7-2-1-3-9(7)12-4-8-6-17-10(13-8)11(15)16/h6-7,9,12,14H,1-5H2,(H,15,16). The quantitative estimate of drug-likeness (QED) is 0.734. The zero-order chi connectivity index (χ0) is 12.3. The van der Waals surface area contributed by atoms with Crippen LogP contribution < -0.4 is 5.32 Å². The van der Waals surface area contributed by atoms with Gasteiger partial charge in [-0.1, -0.05) is 6.42 Å². The lowest BCUT2D eigenvalue weighted by Gasteiger charge is -2.18. The van der Waals surface area contributed by atoms with Crippen molar-refractivity contribution in [3.8, 4) is 0 Å². The summed E-state index contributed by atoms with van der Waals surface area (Å²) in [6.45, 7) is 0.792. The van der Waals surface area contributed by atoms with Crippen LogP contribution >= 0.6 is 11.3 Å². The summed E-state index contributed by atoms with van der Waals surface area (Å²) >= 11 is 1.15. The van der Waals surface area contributed by atoms with Crippen molar-refractivity contribution in [3.63, 3.8) is 0 Å². The van der Waals surface area contributed by atoms with Crippen LogP contribution in [0.25, 0.3) is 0 Å². The molecule has 1 heterocycles. The third-order valence-corrected chi connectivity index (χ3v) is 4.05. The molecule has 94 valence electrons. The first-order valence-corrected chi connectivity index (χ1v) is 6.60. The number of hydrogen-bond acceptors (Lipinski definition) is 5. The first kappa shape index (κ1) is 12.5. The van der Waals surface area contributed by atoms with Crippen molar-refractivity contribution in [1.82, 2.24) is 10.3 Å². The van der Waals surface area contributed by atoms with Crippen molar-refractivity contribution in [1.29, 1.82) is 0 Å². The van der Waals surface area contributed by atoms with E-state index < -0.39 is 5.97 Å². The maximum Gasteiger partial charge on any atom is 0.365 e. The molecule has 1 aliphatic carbocycles. The Morgan fingerprint density at radius 2 is 2.41 bits per heavy atom. The van der Waals surface area contributed by atoms with Gasteiger partial charge in [-0.25, -0.2) is 9.78 Å². The fraction of sp³-hybridized carbons (Fsp3) is 0.636. The summed E-state index contributed by atoms with van der Waals surface area (Å²) in [6, 6.07) is 0.329. The first-order chi connectivity index (χ1) is 8.20. The van der Waals surface area contributed by atoms with Crippen LogP contribution in [0.3, 0.4) is 0 Å². The molecule has 0 spiro atoms. The summed E-state index contributed by atoms with van der Waals surface area (Å²) in [5.74, 6) is -0.650. The van der Waals surface area contributed by atoms with Gasteiger partial charge in [0.2, 0.25) is 5.01 Å². The van der Waals surface area contributed by atoms with Crippen molar-refractivity contribution >= 4 is 17.3 Å². The minimum Gasteiger partial charge on any atom is -0.476 e. The number of carbonyl (C=O) groups is 1. The van der Waals surface area contributed by atoms with Gasteiger partial charge in [-0.3, -0.25) is 0 Å². The van der Waals surface area contributed by atoms with Gasteiger partial charge in [-0.2, -0.15) is 0 Å². The van der Waals surface area contributed by atoms with Crippen molar-refractivity contribution < 1.29 is 15.0 Å². The highest BCUT2D eigenvalue weighted by Gasteiger charge is 2.26. The van der Waals surface area contributed by atoms with E-state index in [-0.39, 0.29) is 11.6 Å². The Labute approximate surface area is 104 Å². The summed E-state index contributed by atoms with van der Waals surface area (Å²) < 4.78 is 0. The number of nitrogens with zero attached hydrogens (tertiary/aromatic N) is 1. The number of carboxylic acids is 1. The minimum atomic E-state index is -0.977. The number of thiazole rings is 1. The lowest BCUT2D eigenvalue weighted by Crippen LogP contribution is -2.33. The van der Waals surface area contributed by atoms with Gasteiger partial charge in [-0.05, 0) is 18.8 Å². The van der Waals surface area contributed by atoms with E-state index in [1.54, 1.807) is 5.38 Å². The average Bonchev–Trinajstić information content (AvgIpc) is 2.95. The number of aromatic nitrogens is 1. The Bertz CT molecular complexity index is 394. The van der Waals surface area contributed by atoms with Gasteiger partial charge >= 0.3 is 5.97 Å². The van der Waals surface area contributed by atoms with Gasteiger partial charge in [0.15, 0.2) is 0 Å². The molecule has 2 rings (SSSR count). The predicted octanol–water partition coefficient (Wildman–Crippen LogP) is 1.09. The largest absolute Gasteiger partial charge is 0.476 e. The van der Waals surface area contributed by atoms with E-state index in [1.165, 1.54) is 0 Å². The summed E-state index contributed by atoms with van der Waals surface area (Å²) in [6.07, 6.45) is 3.27. The van der Waals surface area contributed by atoms with Crippen LogP contribution in [0.15, 0.2) is 5.38 Å². The molecule has 0 aromatic carbocycles. The number of aliphatic hydroxyl groups is 1. The van der Waals surface area contributed by atoms with Crippen molar-refractivity contribution in [2.75, 3.05) is 6.61 Å². The minimum absolute atomic E-state index is 0.131. The van der Waals surface area contributed by atoms with E-state index in [0.29, 0.717) is 18.5 Å². The van der Waals surface area contributed by atoms with Crippen LogP contribution in [0.5, 0.6) is 0 Å². The molecule has 5 nitrogen and oxygen atoms in total. The number of nitrogens with one attached hydrogen (secondary N) is 1. The monoisotopic (exact) mass is 256 g/mol. The van der Waals surface area contributed by atoms with Crippen molar-refractivity contribution in [2.45, 2.75) is 31.8 Å². The van der Waals surface area contributed by atoms with Crippen LogP contribution in [0.4, 0.5) is 0 Å². The zero-order valence-corrected chi connectivity index (χ0v) is 10.2. The molecule has 1 aromatic rings. The van der Waals surface area contributed by atoms with E-state index in [4.69, 9.17) is 5.11 Å². The Hall–Kier alpha value is -0.980. The molecule has 0 bridgehead atoms.